The molecule has 1 rings (SSSR count). The first-order valence-corrected chi connectivity index (χ1v) is 10.1. The molecule has 0 aromatic heterocycles. The number of carboxylic acids is 1. The minimum Gasteiger partial charge on any atom is -0.480 e. The maximum Gasteiger partial charge on any atom is 0.326 e. The first kappa shape index (κ1) is 25.9. The molecule has 0 aliphatic rings. The van der Waals surface area contributed by atoms with E-state index in [1.807, 2.05) is 0 Å². The van der Waals surface area contributed by atoms with Crippen LogP contribution in [0.1, 0.15) is 18.4 Å². The van der Waals surface area contributed by atoms with Gasteiger partial charge in [-0.15, -0.1) is 0 Å². The minimum atomic E-state index is -1.22. The fourth-order valence-corrected chi connectivity index (χ4v) is 2.75. The van der Waals surface area contributed by atoms with Crippen LogP contribution in [-0.4, -0.2) is 65.1 Å². The Morgan fingerprint density at radius 3 is 2.19 bits per heavy atom. The molecule has 31 heavy (non-hydrogen) atoms. The Hall–Kier alpha value is -3.12. The van der Waals surface area contributed by atoms with E-state index in [0.717, 1.165) is 5.56 Å². The summed E-state index contributed by atoms with van der Waals surface area (Å²) in [4.78, 5) is 58.5. The van der Waals surface area contributed by atoms with Crippen molar-refractivity contribution >= 4 is 42.2 Å². The van der Waals surface area contributed by atoms with E-state index in [0.29, 0.717) is 0 Å². The predicted octanol–water partition coefficient (Wildman–Crippen LogP) is -2.08. The summed E-state index contributed by atoms with van der Waals surface area (Å²) in [6, 6.07) is 5.42. The number of rotatable bonds is 13. The van der Waals surface area contributed by atoms with Crippen LogP contribution in [0.4, 0.5) is 0 Å². The molecule has 8 N–H and O–H groups in total. The average molecular weight is 454 g/mol. The van der Waals surface area contributed by atoms with Crippen molar-refractivity contribution < 1.29 is 29.1 Å². The zero-order chi connectivity index (χ0) is 23.4. The highest BCUT2D eigenvalue weighted by molar-refractivity contribution is 7.80. The van der Waals surface area contributed by atoms with Crippen molar-refractivity contribution in [2.45, 2.75) is 37.4 Å². The molecule has 0 spiro atoms. The topological polar surface area (TPSA) is 194 Å². The Labute approximate surface area is 184 Å². The lowest BCUT2D eigenvalue weighted by molar-refractivity contribution is -0.142. The molecule has 0 bridgehead atoms. The Morgan fingerprint density at radius 1 is 1.00 bits per heavy atom. The van der Waals surface area contributed by atoms with Crippen molar-refractivity contribution in [3.63, 3.8) is 0 Å². The molecule has 170 valence electrons. The summed E-state index contributed by atoms with van der Waals surface area (Å²) >= 11 is 4.02. The second-order valence-corrected chi connectivity index (χ2v) is 7.09. The molecule has 12 heteroatoms. The first-order valence-electron chi connectivity index (χ1n) is 9.43. The van der Waals surface area contributed by atoms with E-state index < -0.39 is 54.3 Å². The molecule has 0 aliphatic heterocycles. The van der Waals surface area contributed by atoms with Gasteiger partial charge in [0.15, 0.2) is 0 Å². The van der Waals surface area contributed by atoms with Gasteiger partial charge in [0.1, 0.15) is 12.1 Å². The average Bonchev–Trinajstić information content (AvgIpc) is 2.73. The quantitative estimate of drug-likeness (QED) is 0.166. The van der Waals surface area contributed by atoms with E-state index >= 15 is 0 Å². The summed E-state index contributed by atoms with van der Waals surface area (Å²) in [5.41, 5.74) is 11.3. The number of amides is 4. The SMILES string of the molecule is NC(=O)CCC(N)C(=O)NCC(=O)NC(CS)C(=O)NC(Cc1ccccc1)C(=O)O. The van der Waals surface area contributed by atoms with Crippen LogP contribution in [0, 0.1) is 0 Å². The molecule has 0 heterocycles. The van der Waals surface area contributed by atoms with Gasteiger partial charge in [0.05, 0.1) is 12.6 Å². The van der Waals surface area contributed by atoms with Crippen LogP contribution in [0.25, 0.3) is 0 Å². The van der Waals surface area contributed by atoms with E-state index in [4.69, 9.17) is 11.5 Å². The van der Waals surface area contributed by atoms with Gasteiger partial charge >= 0.3 is 5.97 Å². The largest absolute Gasteiger partial charge is 0.480 e. The van der Waals surface area contributed by atoms with Gasteiger partial charge in [0.25, 0.3) is 0 Å². The van der Waals surface area contributed by atoms with Crippen LogP contribution in [0.3, 0.4) is 0 Å². The molecule has 3 atom stereocenters. The van der Waals surface area contributed by atoms with Crippen LogP contribution >= 0.6 is 12.6 Å². The molecule has 0 saturated carbocycles. The number of benzene rings is 1. The molecule has 0 fully saturated rings. The smallest absolute Gasteiger partial charge is 0.326 e. The lowest BCUT2D eigenvalue weighted by Gasteiger charge is -2.20. The molecule has 0 saturated heterocycles. The summed E-state index contributed by atoms with van der Waals surface area (Å²) < 4.78 is 0. The van der Waals surface area contributed by atoms with Crippen LogP contribution in [0.2, 0.25) is 0 Å². The van der Waals surface area contributed by atoms with Gasteiger partial charge in [-0.2, -0.15) is 12.6 Å². The van der Waals surface area contributed by atoms with Crippen LogP contribution in [-0.2, 0) is 30.4 Å². The maximum atomic E-state index is 12.4. The van der Waals surface area contributed by atoms with Gasteiger partial charge in [0.2, 0.25) is 23.6 Å². The van der Waals surface area contributed by atoms with Crippen molar-refractivity contribution in [2.24, 2.45) is 11.5 Å². The van der Waals surface area contributed by atoms with Crippen LogP contribution in [0.15, 0.2) is 30.3 Å². The van der Waals surface area contributed by atoms with Gasteiger partial charge in [-0.25, -0.2) is 4.79 Å². The number of carbonyl (C=O) groups is 5. The maximum absolute atomic E-state index is 12.4. The second kappa shape index (κ2) is 13.2. The van der Waals surface area contributed by atoms with Crippen molar-refractivity contribution in [1.29, 1.82) is 0 Å². The monoisotopic (exact) mass is 453 g/mol. The highest BCUT2D eigenvalue weighted by Gasteiger charge is 2.26. The summed E-state index contributed by atoms with van der Waals surface area (Å²) in [6.45, 7) is -0.465. The molecule has 1 aromatic rings. The number of hydrogen-bond acceptors (Lipinski definition) is 7. The van der Waals surface area contributed by atoms with E-state index in [9.17, 15) is 29.1 Å². The van der Waals surface area contributed by atoms with E-state index in [1.165, 1.54) is 0 Å². The van der Waals surface area contributed by atoms with Crippen LogP contribution in [0.5, 0.6) is 0 Å². The number of carbonyl (C=O) groups excluding carboxylic acids is 4. The zero-order valence-electron chi connectivity index (χ0n) is 16.7. The van der Waals surface area contributed by atoms with E-state index in [1.54, 1.807) is 30.3 Å². The van der Waals surface area contributed by atoms with Gasteiger partial charge in [0, 0.05) is 18.6 Å². The summed E-state index contributed by atoms with van der Waals surface area (Å²) in [5, 5.41) is 16.4. The Kier molecular flexibility index (Phi) is 11.1. The molecule has 1 aromatic carbocycles. The van der Waals surface area contributed by atoms with Crippen molar-refractivity contribution in [3.05, 3.63) is 35.9 Å². The Balaban J connectivity index is 2.56. The molecule has 11 nitrogen and oxygen atoms in total. The van der Waals surface area contributed by atoms with Crippen molar-refractivity contribution in [1.82, 2.24) is 16.0 Å². The van der Waals surface area contributed by atoms with E-state index in [2.05, 4.69) is 28.6 Å². The predicted molar refractivity (Wildman–Crippen MR) is 115 cm³/mol. The molecular formula is C19H27N5O6S. The van der Waals surface area contributed by atoms with Crippen molar-refractivity contribution in [2.75, 3.05) is 12.3 Å². The summed E-state index contributed by atoms with van der Waals surface area (Å²) in [6.07, 6.45) is 0.0211. The van der Waals surface area contributed by atoms with Gasteiger partial charge in [-0.05, 0) is 12.0 Å². The lowest BCUT2D eigenvalue weighted by atomic mass is 10.1. The summed E-state index contributed by atoms with van der Waals surface area (Å²) in [5.74, 6) is -4.00. The molecule has 0 aliphatic carbocycles. The first-order chi connectivity index (χ1) is 14.6. The lowest BCUT2D eigenvalue weighted by Crippen LogP contribution is -2.54. The number of aliphatic carboxylic acids is 1. The number of nitrogens with one attached hydrogen (secondary N) is 3. The molecule has 0 radical (unpaired) electrons. The third-order valence-electron chi connectivity index (χ3n) is 4.19. The fourth-order valence-electron chi connectivity index (χ4n) is 2.49. The number of thiol groups is 1. The minimum absolute atomic E-state index is 0.0302. The second-order valence-electron chi connectivity index (χ2n) is 6.72. The Bertz CT molecular complexity index is 791. The number of nitrogens with two attached hydrogens (primary N) is 2. The van der Waals surface area contributed by atoms with Crippen LogP contribution < -0.4 is 27.4 Å². The van der Waals surface area contributed by atoms with E-state index in [-0.39, 0.29) is 25.0 Å². The van der Waals surface area contributed by atoms with Gasteiger partial charge < -0.3 is 32.5 Å². The highest BCUT2D eigenvalue weighted by Crippen LogP contribution is 2.04. The van der Waals surface area contributed by atoms with Crippen molar-refractivity contribution in [3.8, 4) is 0 Å². The fraction of sp³-hybridized carbons (Fsp3) is 0.421. The third-order valence-corrected chi connectivity index (χ3v) is 4.56. The molecule has 4 amide bonds. The zero-order valence-corrected chi connectivity index (χ0v) is 17.6. The van der Waals surface area contributed by atoms with Gasteiger partial charge in [-0.1, -0.05) is 30.3 Å². The number of carboxylic acid groups (broad SMARTS) is 1. The standard InChI is InChI=1S/C19H27N5O6S/c20-12(6-7-15(21)25)17(27)22-9-16(26)23-14(10-31)18(28)24-13(19(29)30)8-11-4-2-1-3-5-11/h1-5,12-14,31H,6-10,20H2,(H2,21,25)(H,22,27)(H,23,26)(H,24,28)(H,29,30). The number of hydrogen-bond donors (Lipinski definition) is 7. The van der Waals surface area contributed by atoms with Gasteiger partial charge in [-0.3, -0.25) is 19.2 Å². The Morgan fingerprint density at radius 2 is 1.65 bits per heavy atom. The summed E-state index contributed by atoms with van der Waals surface area (Å²) in [7, 11) is 0. The molecule has 3 unspecified atom stereocenters. The third kappa shape index (κ3) is 9.96. The number of primary amides is 1. The normalized spacial score (nSPS) is 13.4. The highest BCUT2D eigenvalue weighted by atomic mass is 32.1. The molecular weight excluding hydrogens is 426 g/mol.